The van der Waals surface area contributed by atoms with Crippen molar-refractivity contribution < 1.29 is 0 Å². The molecule has 1 nitrogen and oxygen atoms in total. The average Bonchev–Trinajstić information content (AvgIpc) is 2.61. The first-order valence-electron chi connectivity index (χ1n) is 6.50. The van der Waals surface area contributed by atoms with Crippen molar-refractivity contribution in [3.8, 4) is 0 Å². The van der Waals surface area contributed by atoms with Crippen LogP contribution in [0.4, 0.5) is 0 Å². The topological polar surface area (TPSA) is 12.9 Å². The third kappa shape index (κ3) is 3.86. The summed E-state index contributed by atoms with van der Waals surface area (Å²) in [5.41, 5.74) is 1.13. The highest BCUT2D eigenvalue weighted by Gasteiger charge is 2.21. The number of hydrogen-bond acceptors (Lipinski definition) is 1. The van der Waals surface area contributed by atoms with Crippen LogP contribution in [-0.2, 0) is 6.42 Å². The molecule has 0 amide bonds. The van der Waals surface area contributed by atoms with E-state index in [1.54, 1.807) is 12.4 Å². The van der Waals surface area contributed by atoms with Crippen molar-refractivity contribution in [2.75, 3.05) is 0 Å². The van der Waals surface area contributed by atoms with Gasteiger partial charge < -0.3 is 0 Å². The molecule has 1 aromatic rings. The normalized spacial score (nSPS) is 19.9. The third-order valence-electron chi connectivity index (χ3n) is 3.68. The Kier molecular flexibility index (Phi) is 5.12. The lowest BCUT2D eigenvalue weighted by Gasteiger charge is -2.20. The van der Waals surface area contributed by atoms with Crippen molar-refractivity contribution in [2.45, 2.75) is 50.3 Å². The predicted molar refractivity (Wildman–Crippen MR) is 73.8 cm³/mol. The van der Waals surface area contributed by atoms with Crippen LogP contribution in [0.2, 0.25) is 5.02 Å². The summed E-state index contributed by atoms with van der Waals surface area (Å²) in [6.45, 7) is 0. The lowest BCUT2D eigenvalue weighted by atomic mass is 9.92. The van der Waals surface area contributed by atoms with E-state index in [9.17, 15) is 0 Å². The molecular formula is C14H19Cl2N. The minimum absolute atomic E-state index is 0.216. The van der Waals surface area contributed by atoms with Gasteiger partial charge in [0.2, 0.25) is 0 Å². The van der Waals surface area contributed by atoms with Gasteiger partial charge in [0.05, 0.1) is 5.02 Å². The van der Waals surface area contributed by atoms with Crippen LogP contribution >= 0.6 is 23.2 Å². The van der Waals surface area contributed by atoms with E-state index in [4.69, 9.17) is 23.2 Å². The van der Waals surface area contributed by atoms with E-state index >= 15 is 0 Å². The minimum Gasteiger partial charge on any atom is -0.263 e. The number of aromatic nitrogens is 1. The second-order valence-corrected chi connectivity index (χ2v) is 5.91. The average molecular weight is 272 g/mol. The Balaban J connectivity index is 1.95. The number of alkyl halides is 1. The molecule has 94 valence electrons. The molecule has 1 aliphatic carbocycles. The molecule has 1 fully saturated rings. The van der Waals surface area contributed by atoms with Crippen molar-refractivity contribution >= 4 is 23.2 Å². The Hall–Kier alpha value is -0.270. The van der Waals surface area contributed by atoms with Crippen LogP contribution in [0.25, 0.3) is 0 Å². The van der Waals surface area contributed by atoms with Crippen LogP contribution in [0.3, 0.4) is 0 Å². The Bertz CT molecular complexity index is 346. The standard InChI is InChI=1S/C14H19Cl2N/c15-13(11-5-3-1-2-4-6-11)9-12-7-8-17-10-14(12)16/h7-8,10-11,13H,1-6,9H2. The Morgan fingerprint density at radius 2 is 1.94 bits per heavy atom. The number of pyridine rings is 1. The molecule has 0 N–H and O–H groups in total. The minimum atomic E-state index is 0.216. The molecule has 0 aromatic carbocycles. The van der Waals surface area contributed by atoms with Crippen molar-refractivity contribution in [1.82, 2.24) is 4.98 Å². The Morgan fingerprint density at radius 1 is 1.24 bits per heavy atom. The molecule has 1 heterocycles. The maximum Gasteiger partial charge on any atom is 0.0621 e. The van der Waals surface area contributed by atoms with Crippen molar-refractivity contribution in [1.29, 1.82) is 0 Å². The molecule has 2 rings (SSSR count). The zero-order chi connectivity index (χ0) is 12.1. The second kappa shape index (κ2) is 6.61. The summed E-state index contributed by atoms with van der Waals surface area (Å²) in [4.78, 5) is 4.00. The van der Waals surface area contributed by atoms with Crippen LogP contribution in [-0.4, -0.2) is 10.4 Å². The molecule has 0 saturated heterocycles. The van der Waals surface area contributed by atoms with Crippen LogP contribution in [0.5, 0.6) is 0 Å². The van der Waals surface area contributed by atoms with E-state index in [1.807, 2.05) is 6.07 Å². The predicted octanol–water partition coefficient (Wildman–Crippen LogP) is 4.86. The molecule has 17 heavy (non-hydrogen) atoms. The van der Waals surface area contributed by atoms with Crippen molar-refractivity contribution in [2.24, 2.45) is 5.92 Å². The summed E-state index contributed by atoms with van der Waals surface area (Å²) in [5, 5.41) is 0.958. The van der Waals surface area contributed by atoms with E-state index in [0.29, 0.717) is 5.92 Å². The summed E-state index contributed by atoms with van der Waals surface area (Å²) in [5.74, 6) is 0.656. The SMILES string of the molecule is Clc1cnccc1CC(Cl)C1CCCCCC1. The monoisotopic (exact) mass is 271 g/mol. The molecule has 0 radical (unpaired) electrons. The smallest absolute Gasteiger partial charge is 0.0621 e. The van der Waals surface area contributed by atoms with Gasteiger partial charge in [-0.2, -0.15) is 0 Å². The summed E-state index contributed by atoms with van der Waals surface area (Å²) in [6, 6.07) is 1.98. The molecule has 1 atom stereocenters. The first-order valence-corrected chi connectivity index (χ1v) is 7.31. The fourth-order valence-corrected chi connectivity index (χ4v) is 3.23. The van der Waals surface area contributed by atoms with Crippen LogP contribution < -0.4 is 0 Å². The van der Waals surface area contributed by atoms with Gasteiger partial charge in [0.1, 0.15) is 0 Å². The molecule has 1 unspecified atom stereocenters. The summed E-state index contributed by atoms with van der Waals surface area (Å²) >= 11 is 12.7. The van der Waals surface area contributed by atoms with Gasteiger partial charge in [0.25, 0.3) is 0 Å². The number of nitrogens with zero attached hydrogens (tertiary/aromatic N) is 1. The van der Waals surface area contributed by atoms with E-state index in [2.05, 4.69) is 4.98 Å². The maximum atomic E-state index is 6.56. The van der Waals surface area contributed by atoms with E-state index in [0.717, 1.165) is 17.0 Å². The summed E-state index contributed by atoms with van der Waals surface area (Å²) in [6.07, 6.45) is 12.3. The number of halogens is 2. The number of hydrogen-bond donors (Lipinski definition) is 0. The molecular weight excluding hydrogens is 253 g/mol. The number of rotatable bonds is 3. The van der Waals surface area contributed by atoms with E-state index in [1.165, 1.54) is 38.5 Å². The lowest BCUT2D eigenvalue weighted by molar-refractivity contribution is 0.435. The maximum absolute atomic E-state index is 6.56. The van der Waals surface area contributed by atoms with Gasteiger partial charge in [-0.15, -0.1) is 11.6 Å². The van der Waals surface area contributed by atoms with Crippen molar-refractivity contribution in [3.05, 3.63) is 29.0 Å². The lowest BCUT2D eigenvalue weighted by Crippen LogP contribution is -2.17. The van der Waals surface area contributed by atoms with Crippen LogP contribution in [0.15, 0.2) is 18.5 Å². The van der Waals surface area contributed by atoms with Gasteiger partial charge in [-0.25, -0.2) is 0 Å². The quantitative estimate of drug-likeness (QED) is 0.566. The molecule has 1 saturated carbocycles. The van der Waals surface area contributed by atoms with Gasteiger partial charge in [-0.3, -0.25) is 4.98 Å². The molecule has 3 heteroatoms. The van der Waals surface area contributed by atoms with Crippen LogP contribution in [0.1, 0.15) is 44.1 Å². The van der Waals surface area contributed by atoms with Gasteiger partial charge in [0, 0.05) is 17.8 Å². The molecule has 0 spiro atoms. The second-order valence-electron chi connectivity index (χ2n) is 4.94. The molecule has 0 aliphatic heterocycles. The van der Waals surface area contributed by atoms with E-state index < -0.39 is 0 Å². The third-order valence-corrected chi connectivity index (χ3v) is 4.53. The molecule has 1 aliphatic rings. The first-order chi connectivity index (χ1) is 8.27. The summed E-state index contributed by atoms with van der Waals surface area (Å²) in [7, 11) is 0. The Morgan fingerprint density at radius 3 is 2.59 bits per heavy atom. The fraction of sp³-hybridized carbons (Fsp3) is 0.643. The summed E-state index contributed by atoms with van der Waals surface area (Å²) < 4.78 is 0. The fourth-order valence-electron chi connectivity index (χ4n) is 2.62. The zero-order valence-corrected chi connectivity index (χ0v) is 11.6. The van der Waals surface area contributed by atoms with E-state index in [-0.39, 0.29) is 5.38 Å². The zero-order valence-electron chi connectivity index (χ0n) is 10.0. The highest BCUT2D eigenvalue weighted by molar-refractivity contribution is 6.31. The van der Waals surface area contributed by atoms with Gasteiger partial charge in [-0.05, 0) is 36.8 Å². The largest absolute Gasteiger partial charge is 0.263 e. The van der Waals surface area contributed by atoms with Crippen LogP contribution in [0, 0.1) is 5.92 Å². The van der Waals surface area contributed by atoms with Gasteiger partial charge in [0.15, 0.2) is 0 Å². The van der Waals surface area contributed by atoms with Crippen molar-refractivity contribution in [3.63, 3.8) is 0 Å². The first kappa shape index (κ1) is 13.2. The molecule has 0 bridgehead atoms. The highest BCUT2D eigenvalue weighted by atomic mass is 35.5. The highest BCUT2D eigenvalue weighted by Crippen LogP contribution is 2.31. The van der Waals surface area contributed by atoms with Gasteiger partial charge >= 0.3 is 0 Å². The van der Waals surface area contributed by atoms with Gasteiger partial charge in [-0.1, -0.05) is 37.3 Å². The Labute approximate surface area is 114 Å². The molecule has 1 aromatic heterocycles.